The van der Waals surface area contributed by atoms with E-state index < -0.39 is 4.92 Å². The minimum Gasteiger partial charge on any atom is -0.322 e. The quantitative estimate of drug-likeness (QED) is 0.526. The van der Waals surface area contributed by atoms with Crippen molar-refractivity contribution in [1.29, 1.82) is 0 Å². The fraction of sp³-hybridized carbons (Fsp3) is 0.0833. The number of aromatic amines is 1. The summed E-state index contributed by atoms with van der Waals surface area (Å²) < 4.78 is 0. The van der Waals surface area contributed by atoms with Crippen molar-refractivity contribution >= 4 is 17.3 Å². The lowest BCUT2D eigenvalue weighted by Crippen LogP contribution is -2.11. The summed E-state index contributed by atoms with van der Waals surface area (Å²) in [6.07, 6.45) is 0. The Balaban J connectivity index is 2.40. The van der Waals surface area contributed by atoms with Gasteiger partial charge in [-0.25, -0.2) is 0 Å². The van der Waals surface area contributed by atoms with E-state index in [9.17, 15) is 14.9 Å². The van der Waals surface area contributed by atoms with Crippen molar-refractivity contribution in [2.75, 3.05) is 0 Å². The van der Waals surface area contributed by atoms with Crippen LogP contribution in [-0.2, 0) is 5.88 Å². The first-order valence-corrected chi connectivity index (χ1v) is 5.68. The van der Waals surface area contributed by atoms with Crippen LogP contribution in [0.25, 0.3) is 11.3 Å². The summed E-state index contributed by atoms with van der Waals surface area (Å²) in [6.45, 7) is 0. The molecule has 0 bridgehead atoms. The molecule has 0 saturated heterocycles. The van der Waals surface area contributed by atoms with Crippen molar-refractivity contribution in [2.45, 2.75) is 5.88 Å². The van der Waals surface area contributed by atoms with Crippen LogP contribution >= 0.6 is 11.6 Å². The molecule has 2 aromatic rings. The van der Waals surface area contributed by atoms with Gasteiger partial charge < -0.3 is 4.98 Å². The average molecular weight is 265 g/mol. The number of aromatic nitrogens is 1. The van der Waals surface area contributed by atoms with Crippen LogP contribution in [0.15, 0.2) is 41.2 Å². The molecule has 0 saturated carbocycles. The number of halogens is 1. The number of nitro benzene ring substituents is 1. The highest BCUT2D eigenvalue weighted by atomic mass is 35.5. The van der Waals surface area contributed by atoms with Gasteiger partial charge in [0.05, 0.1) is 10.8 Å². The van der Waals surface area contributed by atoms with Gasteiger partial charge in [-0.1, -0.05) is 6.07 Å². The zero-order chi connectivity index (χ0) is 13.1. The smallest absolute Gasteiger partial charge is 0.269 e. The number of nitrogens with one attached hydrogen (secondary N) is 1. The minimum absolute atomic E-state index is 0.0125. The highest BCUT2D eigenvalue weighted by Crippen LogP contribution is 2.19. The molecule has 0 aliphatic rings. The minimum atomic E-state index is -0.469. The second-order valence-corrected chi connectivity index (χ2v) is 3.93. The highest BCUT2D eigenvalue weighted by molar-refractivity contribution is 6.17. The van der Waals surface area contributed by atoms with E-state index in [4.69, 9.17) is 11.6 Å². The third kappa shape index (κ3) is 2.41. The first-order valence-electron chi connectivity index (χ1n) is 5.15. The maximum Gasteiger partial charge on any atom is 0.269 e. The lowest BCUT2D eigenvalue weighted by atomic mass is 10.1. The molecule has 0 atom stereocenters. The van der Waals surface area contributed by atoms with E-state index in [2.05, 4.69) is 4.98 Å². The van der Waals surface area contributed by atoms with Gasteiger partial charge in [0.25, 0.3) is 11.2 Å². The van der Waals surface area contributed by atoms with Crippen molar-refractivity contribution in [2.24, 2.45) is 0 Å². The number of hydrogen-bond donors (Lipinski definition) is 1. The normalized spacial score (nSPS) is 10.3. The Hall–Kier alpha value is -2.14. The van der Waals surface area contributed by atoms with E-state index in [0.717, 1.165) is 0 Å². The van der Waals surface area contributed by atoms with Crippen LogP contribution in [0.5, 0.6) is 0 Å². The van der Waals surface area contributed by atoms with Crippen molar-refractivity contribution < 1.29 is 4.92 Å². The molecule has 6 heteroatoms. The van der Waals surface area contributed by atoms with E-state index in [1.165, 1.54) is 12.1 Å². The molecule has 92 valence electrons. The standard InChI is InChI=1S/C12H9ClN2O3/c13-7-9-3-6-11(14-12(9)16)8-1-4-10(5-2-8)15(17)18/h1-6H,7H2,(H,14,16). The van der Waals surface area contributed by atoms with Gasteiger partial charge in [0.15, 0.2) is 0 Å². The SMILES string of the molecule is O=c1[nH]c(-c2ccc([N+](=O)[O-])cc2)ccc1CCl. The maximum atomic E-state index is 11.6. The number of hydrogen-bond acceptors (Lipinski definition) is 3. The number of benzene rings is 1. The number of alkyl halides is 1. The highest BCUT2D eigenvalue weighted by Gasteiger charge is 2.06. The fourth-order valence-corrected chi connectivity index (χ4v) is 1.75. The molecule has 0 fully saturated rings. The van der Waals surface area contributed by atoms with Gasteiger partial charge in [-0.2, -0.15) is 0 Å². The third-order valence-electron chi connectivity index (χ3n) is 2.52. The van der Waals surface area contributed by atoms with Gasteiger partial charge in [0, 0.05) is 23.4 Å². The van der Waals surface area contributed by atoms with Gasteiger partial charge in [-0.3, -0.25) is 14.9 Å². The van der Waals surface area contributed by atoms with Crippen molar-refractivity contribution in [3.05, 3.63) is 62.4 Å². The van der Waals surface area contributed by atoms with Crippen molar-refractivity contribution in [3.8, 4) is 11.3 Å². The molecule has 5 nitrogen and oxygen atoms in total. The molecular formula is C12H9ClN2O3. The first kappa shape index (κ1) is 12.3. The second kappa shape index (κ2) is 5.01. The maximum absolute atomic E-state index is 11.6. The zero-order valence-corrected chi connectivity index (χ0v) is 9.98. The molecule has 18 heavy (non-hydrogen) atoms. The largest absolute Gasteiger partial charge is 0.322 e. The van der Waals surface area contributed by atoms with Gasteiger partial charge >= 0.3 is 0 Å². The zero-order valence-electron chi connectivity index (χ0n) is 9.22. The van der Waals surface area contributed by atoms with E-state index in [1.54, 1.807) is 24.3 Å². The Morgan fingerprint density at radius 3 is 2.33 bits per heavy atom. The summed E-state index contributed by atoms with van der Waals surface area (Å²) in [5.41, 5.74) is 1.56. The van der Waals surface area contributed by atoms with Crippen molar-refractivity contribution in [3.63, 3.8) is 0 Å². The molecule has 0 aliphatic heterocycles. The molecule has 1 aromatic heterocycles. The predicted octanol–water partition coefficient (Wildman–Crippen LogP) is 2.69. The molecule has 0 aliphatic carbocycles. The van der Waals surface area contributed by atoms with Crippen LogP contribution in [-0.4, -0.2) is 9.91 Å². The number of nitrogens with zero attached hydrogens (tertiary/aromatic N) is 1. The van der Waals surface area contributed by atoms with Gasteiger partial charge in [-0.15, -0.1) is 11.6 Å². The molecule has 0 amide bonds. The van der Waals surface area contributed by atoms with Crippen LogP contribution in [0.1, 0.15) is 5.56 Å². The summed E-state index contributed by atoms with van der Waals surface area (Å²) in [4.78, 5) is 24.3. The van der Waals surface area contributed by atoms with E-state index in [-0.39, 0.29) is 17.1 Å². The lowest BCUT2D eigenvalue weighted by molar-refractivity contribution is -0.384. The lowest BCUT2D eigenvalue weighted by Gasteiger charge is -2.02. The number of pyridine rings is 1. The monoisotopic (exact) mass is 264 g/mol. The van der Waals surface area contributed by atoms with Gasteiger partial charge in [0.1, 0.15) is 0 Å². The summed E-state index contributed by atoms with van der Waals surface area (Å²) in [5, 5.41) is 10.5. The second-order valence-electron chi connectivity index (χ2n) is 3.66. The topological polar surface area (TPSA) is 76.0 Å². The predicted molar refractivity (Wildman–Crippen MR) is 68.7 cm³/mol. The van der Waals surface area contributed by atoms with E-state index in [1.807, 2.05) is 0 Å². The Morgan fingerprint density at radius 1 is 1.17 bits per heavy atom. The molecule has 0 unspecified atom stereocenters. The molecule has 1 heterocycles. The van der Waals surface area contributed by atoms with Crippen LogP contribution < -0.4 is 5.56 Å². The summed E-state index contributed by atoms with van der Waals surface area (Å²) in [6, 6.07) is 9.32. The Bertz CT molecular complexity index is 635. The number of non-ortho nitro benzene ring substituents is 1. The molecule has 0 spiro atoms. The van der Waals surface area contributed by atoms with Gasteiger partial charge in [-0.05, 0) is 23.8 Å². The number of H-pyrrole nitrogens is 1. The van der Waals surface area contributed by atoms with Crippen LogP contribution in [0.2, 0.25) is 0 Å². The summed E-state index contributed by atoms with van der Waals surface area (Å²) in [5.74, 6) is 0.149. The van der Waals surface area contributed by atoms with E-state index >= 15 is 0 Å². The molecule has 1 N–H and O–H groups in total. The molecule has 0 radical (unpaired) electrons. The Morgan fingerprint density at radius 2 is 1.83 bits per heavy atom. The van der Waals surface area contributed by atoms with Crippen LogP contribution in [0, 0.1) is 10.1 Å². The molecular weight excluding hydrogens is 256 g/mol. The first-order chi connectivity index (χ1) is 8.61. The molecule has 2 rings (SSSR count). The Kier molecular flexibility index (Phi) is 3.43. The fourth-order valence-electron chi connectivity index (χ4n) is 1.54. The molecule has 1 aromatic carbocycles. The average Bonchev–Trinajstić information content (AvgIpc) is 2.38. The Labute approximate surface area is 107 Å². The third-order valence-corrected chi connectivity index (χ3v) is 2.81. The summed E-state index contributed by atoms with van der Waals surface area (Å²) >= 11 is 5.59. The number of nitro groups is 1. The number of rotatable bonds is 3. The van der Waals surface area contributed by atoms with E-state index in [0.29, 0.717) is 16.8 Å². The summed E-state index contributed by atoms with van der Waals surface area (Å²) in [7, 11) is 0. The van der Waals surface area contributed by atoms with Crippen molar-refractivity contribution in [1.82, 2.24) is 4.98 Å². The van der Waals surface area contributed by atoms with Crippen LogP contribution in [0.4, 0.5) is 5.69 Å². The van der Waals surface area contributed by atoms with Gasteiger partial charge in [0.2, 0.25) is 0 Å². The van der Waals surface area contributed by atoms with Crippen LogP contribution in [0.3, 0.4) is 0 Å².